The number of nitrogens with one attached hydrogen (secondary N) is 2. The Balaban J connectivity index is 2.51. The molecule has 1 heterocycles. The number of hydrogen-bond acceptors (Lipinski definition) is 3. The van der Waals surface area contributed by atoms with Crippen molar-refractivity contribution < 1.29 is 9.21 Å². The van der Waals surface area contributed by atoms with Crippen molar-refractivity contribution in [2.45, 2.75) is 32.9 Å². The van der Waals surface area contributed by atoms with E-state index >= 15 is 0 Å². The van der Waals surface area contributed by atoms with Crippen LogP contribution in [0.15, 0.2) is 21.2 Å². The van der Waals surface area contributed by atoms with Gasteiger partial charge in [0.25, 0.3) is 0 Å². The normalized spacial score (nSPS) is 14.5. The lowest BCUT2D eigenvalue weighted by molar-refractivity contribution is -0.122. The van der Waals surface area contributed by atoms with Gasteiger partial charge in [-0.25, -0.2) is 0 Å². The highest BCUT2D eigenvalue weighted by Gasteiger charge is 2.17. The van der Waals surface area contributed by atoms with Crippen LogP contribution in [-0.4, -0.2) is 18.5 Å². The molecule has 90 valence electrons. The number of hydrogen-bond donors (Lipinski definition) is 2. The van der Waals surface area contributed by atoms with Crippen LogP contribution >= 0.6 is 15.9 Å². The van der Waals surface area contributed by atoms with Crippen LogP contribution < -0.4 is 10.6 Å². The van der Waals surface area contributed by atoms with Crippen LogP contribution in [0.25, 0.3) is 0 Å². The number of rotatable bonds is 5. The summed E-state index contributed by atoms with van der Waals surface area (Å²) in [7, 11) is 0. The number of carbonyl (C=O) groups is 1. The van der Waals surface area contributed by atoms with Crippen LogP contribution in [0.1, 0.15) is 32.6 Å². The van der Waals surface area contributed by atoms with Gasteiger partial charge in [0.2, 0.25) is 5.91 Å². The zero-order chi connectivity index (χ0) is 12.1. The first kappa shape index (κ1) is 13.3. The fraction of sp³-hybridized carbons (Fsp3) is 0.545. The second-order valence-corrected chi connectivity index (χ2v) is 4.43. The van der Waals surface area contributed by atoms with Crippen LogP contribution in [0, 0.1) is 0 Å². The quantitative estimate of drug-likeness (QED) is 0.874. The molecule has 0 saturated heterocycles. The number of carbonyl (C=O) groups excluding carboxylic acids is 1. The lowest BCUT2D eigenvalue weighted by Gasteiger charge is -2.17. The van der Waals surface area contributed by atoms with E-state index in [1.54, 1.807) is 0 Å². The molecule has 1 aromatic heterocycles. The fourth-order valence-electron chi connectivity index (χ4n) is 1.42. The molecule has 0 bridgehead atoms. The Bertz CT molecular complexity index is 352. The Morgan fingerprint density at radius 2 is 2.19 bits per heavy atom. The zero-order valence-electron chi connectivity index (χ0n) is 9.71. The molecule has 0 aromatic carbocycles. The fourth-order valence-corrected chi connectivity index (χ4v) is 1.74. The third-order valence-electron chi connectivity index (χ3n) is 2.27. The Kier molecular flexibility index (Phi) is 5.02. The number of likely N-dealkylation sites (N-methyl/N-ethyl adjacent to an activating group) is 1. The molecule has 4 nitrogen and oxygen atoms in total. The molecule has 0 aliphatic carbocycles. The van der Waals surface area contributed by atoms with Gasteiger partial charge in [-0.15, -0.1) is 0 Å². The third-order valence-corrected chi connectivity index (χ3v) is 2.69. The van der Waals surface area contributed by atoms with E-state index in [0.29, 0.717) is 11.2 Å². The Labute approximate surface area is 104 Å². The zero-order valence-corrected chi connectivity index (χ0v) is 11.3. The van der Waals surface area contributed by atoms with Gasteiger partial charge in [-0.05, 0) is 48.8 Å². The molecule has 0 aliphatic rings. The minimum absolute atomic E-state index is 0.0000261. The Morgan fingerprint density at radius 3 is 2.69 bits per heavy atom. The first-order valence-electron chi connectivity index (χ1n) is 5.33. The minimum atomic E-state index is -0.237. The van der Waals surface area contributed by atoms with Gasteiger partial charge in [-0.3, -0.25) is 10.1 Å². The van der Waals surface area contributed by atoms with E-state index in [9.17, 15) is 4.79 Å². The van der Waals surface area contributed by atoms with E-state index in [-0.39, 0.29) is 18.0 Å². The molecular weight excluding hydrogens is 272 g/mol. The Morgan fingerprint density at radius 1 is 1.50 bits per heavy atom. The molecule has 2 N–H and O–H groups in total. The van der Waals surface area contributed by atoms with E-state index in [4.69, 9.17) is 4.42 Å². The monoisotopic (exact) mass is 288 g/mol. The number of furan rings is 1. The highest BCUT2D eigenvalue weighted by molar-refractivity contribution is 9.10. The summed E-state index contributed by atoms with van der Waals surface area (Å²) in [6, 6.07) is 3.49. The molecule has 0 radical (unpaired) electrons. The molecule has 2 unspecified atom stereocenters. The van der Waals surface area contributed by atoms with Gasteiger partial charge in [-0.1, -0.05) is 0 Å². The lowest BCUT2D eigenvalue weighted by atomic mass is 10.2. The predicted molar refractivity (Wildman–Crippen MR) is 66.1 cm³/mol. The van der Waals surface area contributed by atoms with Crippen LogP contribution in [-0.2, 0) is 4.79 Å². The molecule has 1 amide bonds. The van der Waals surface area contributed by atoms with Crippen molar-refractivity contribution in [2.24, 2.45) is 0 Å². The second-order valence-electron chi connectivity index (χ2n) is 3.65. The van der Waals surface area contributed by atoms with Crippen molar-refractivity contribution in [1.82, 2.24) is 10.6 Å². The summed E-state index contributed by atoms with van der Waals surface area (Å²) in [5.74, 6) is 0.808. The van der Waals surface area contributed by atoms with Crippen molar-refractivity contribution in [3.05, 3.63) is 22.6 Å². The lowest BCUT2D eigenvalue weighted by Crippen LogP contribution is -2.42. The van der Waals surface area contributed by atoms with Crippen LogP contribution in [0.5, 0.6) is 0 Å². The molecule has 2 atom stereocenters. The molecule has 0 fully saturated rings. The highest BCUT2D eigenvalue weighted by Crippen LogP contribution is 2.20. The minimum Gasteiger partial charge on any atom is -0.453 e. The predicted octanol–water partition coefficient (Wildman–Crippen LogP) is 2.22. The van der Waals surface area contributed by atoms with Crippen molar-refractivity contribution in [2.75, 3.05) is 6.54 Å². The summed E-state index contributed by atoms with van der Waals surface area (Å²) < 4.78 is 6.10. The average molecular weight is 289 g/mol. The molecule has 0 aliphatic heterocycles. The molecule has 0 saturated carbocycles. The van der Waals surface area contributed by atoms with Gasteiger partial charge in [-0.2, -0.15) is 0 Å². The van der Waals surface area contributed by atoms with Crippen LogP contribution in [0.2, 0.25) is 0 Å². The smallest absolute Gasteiger partial charge is 0.236 e. The summed E-state index contributed by atoms with van der Waals surface area (Å²) >= 11 is 3.25. The molecule has 0 spiro atoms. The van der Waals surface area contributed by atoms with E-state index in [1.807, 2.05) is 32.9 Å². The van der Waals surface area contributed by atoms with Crippen LogP contribution in [0.3, 0.4) is 0 Å². The largest absolute Gasteiger partial charge is 0.453 e. The molecule has 1 rings (SSSR count). The van der Waals surface area contributed by atoms with Crippen LogP contribution in [0.4, 0.5) is 0 Å². The van der Waals surface area contributed by atoms with Crippen molar-refractivity contribution in [1.29, 1.82) is 0 Å². The van der Waals surface area contributed by atoms with E-state index in [2.05, 4.69) is 26.6 Å². The molecule has 5 heteroatoms. The number of halogens is 1. The SMILES string of the molecule is CCNC(=O)C(C)NC(C)c1ccc(Br)o1. The third kappa shape index (κ3) is 3.64. The average Bonchev–Trinajstić information content (AvgIpc) is 2.65. The second kappa shape index (κ2) is 6.06. The highest BCUT2D eigenvalue weighted by atomic mass is 79.9. The van der Waals surface area contributed by atoms with Gasteiger partial charge in [0.15, 0.2) is 4.67 Å². The Hall–Kier alpha value is -0.810. The van der Waals surface area contributed by atoms with Crippen molar-refractivity contribution in [3.63, 3.8) is 0 Å². The first-order valence-corrected chi connectivity index (χ1v) is 6.13. The van der Waals surface area contributed by atoms with Gasteiger partial charge >= 0.3 is 0 Å². The van der Waals surface area contributed by atoms with Gasteiger partial charge < -0.3 is 9.73 Å². The van der Waals surface area contributed by atoms with Gasteiger partial charge in [0.05, 0.1) is 12.1 Å². The van der Waals surface area contributed by atoms with Gasteiger partial charge in [0, 0.05) is 6.54 Å². The molecule has 1 aromatic rings. The summed E-state index contributed by atoms with van der Waals surface area (Å²) in [4.78, 5) is 11.5. The molecular formula is C11H17BrN2O2. The van der Waals surface area contributed by atoms with Crippen molar-refractivity contribution >= 4 is 21.8 Å². The van der Waals surface area contributed by atoms with Gasteiger partial charge in [0.1, 0.15) is 5.76 Å². The maximum absolute atomic E-state index is 11.5. The topological polar surface area (TPSA) is 54.3 Å². The number of amides is 1. The maximum atomic E-state index is 11.5. The van der Waals surface area contributed by atoms with E-state index in [1.165, 1.54) is 0 Å². The molecule has 16 heavy (non-hydrogen) atoms. The summed E-state index contributed by atoms with van der Waals surface area (Å²) in [5, 5.41) is 5.93. The summed E-state index contributed by atoms with van der Waals surface area (Å²) in [5.41, 5.74) is 0. The van der Waals surface area contributed by atoms with Crippen molar-refractivity contribution in [3.8, 4) is 0 Å². The summed E-state index contributed by atoms with van der Waals surface area (Å²) in [6.45, 7) is 6.34. The van der Waals surface area contributed by atoms with E-state index < -0.39 is 0 Å². The first-order chi connectivity index (χ1) is 7.54. The van der Waals surface area contributed by atoms with E-state index in [0.717, 1.165) is 5.76 Å². The standard InChI is InChI=1S/C11H17BrN2O2/c1-4-13-11(15)8(3)14-7(2)9-5-6-10(12)16-9/h5-8,14H,4H2,1-3H3,(H,13,15). The summed E-state index contributed by atoms with van der Waals surface area (Å²) in [6.07, 6.45) is 0. The maximum Gasteiger partial charge on any atom is 0.236 e.